The molecule has 7 heteroatoms. The van der Waals surface area contributed by atoms with E-state index in [-0.39, 0.29) is 18.2 Å². The summed E-state index contributed by atoms with van der Waals surface area (Å²) in [4.78, 5) is 17.1. The summed E-state index contributed by atoms with van der Waals surface area (Å²) in [6, 6.07) is 0.370. The van der Waals surface area contributed by atoms with Crippen LogP contribution in [-0.2, 0) is 11.8 Å². The minimum absolute atomic E-state index is 0.00319. The van der Waals surface area contributed by atoms with Gasteiger partial charge in [-0.05, 0) is 51.6 Å². The molecule has 1 aromatic rings. The second kappa shape index (κ2) is 9.06. The van der Waals surface area contributed by atoms with E-state index < -0.39 is 0 Å². The van der Waals surface area contributed by atoms with Gasteiger partial charge in [0.1, 0.15) is 0 Å². The van der Waals surface area contributed by atoms with Crippen LogP contribution in [0.3, 0.4) is 0 Å². The molecule has 2 aliphatic rings. The summed E-state index contributed by atoms with van der Waals surface area (Å²) in [5.41, 5.74) is 1.26. The highest BCUT2D eigenvalue weighted by Crippen LogP contribution is 2.36. The number of aryl methyl sites for hydroxylation is 1. The number of hydrogen-bond donors (Lipinski definition) is 1. The van der Waals surface area contributed by atoms with Gasteiger partial charge in [0.05, 0.1) is 18.3 Å². The average Bonchev–Trinajstić information content (AvgIpc) is 3.33. The number of rotatable bonds is 6. The largest absolute Gasteiger partial charge is 0.376 e. The van der Waals surface area contributed by atoms with E-state index in [1.165, 1.54) is 12.0 Å². The van der Waals surface area contributed by atoms with Gasteiger partial charge in [0, 0.05) is 45.0 Å². The zero-order chi connectivity index (χ0) is 19.4. The Balaban J connectivity index is 1.63. The third-order valence-corrected chi connectivity index (χ3v) is 6.06. The molecule has 27 heavy (non-hydrogen) atoms. The highest BCUT2D eigenvalue weighted by atomic mass is 16.5. The Morgan fingerprint density at radius 3 is 2.89 bits per heavy atom. The molecule has 7 nitrogen and oxygen atoms in total. The minimum atomic E-state index is -0.00319. The summed E-state index contributed by atoms with van der Waals surface area (Å²) in [6.07, 6.45) is 8.67. The SMILES string of the molecule is CCN1CCC[C@@H](CN(C)C(=O)N[C@H](C)[C@H]2CCCO2)[C@@H]1c1cnn(C)c1. The van der Waals surface area contributed by atoms with Gasteiger partial charge in [-0.15, -0.1) is 0 Å². The Labute approximate surface area is 163 Å². The van der Waals surface area contributed by atoms with E-state index in [4.69, 9.17) is 4.74 Å². The lowest BCUT2D eigenvalue weighted by Crippen LogP contribution is -2.49. The monoisotopic (exact) mass is 377 g/mol. The summed E-state index contributed by atoms with van der Waals surface area (Å²) in [6.45, 7) is 7.94. The first-order valence-electron chi connectivity index (χ1n) is 10.4. The number of carbonyl (C=O) groups excluding carboxylic acids is 1. The number of piperidine rings is 1. The predicted octanol–water partition coefficient (Wildman–Crippen LogP) is 2.40. The number of nitrogens with one attached hydrogen (secondary N) is 1. The van der Waals surface area contributed by atoms with Crippen molar-refractivity contribution in [3.05, 3.63) is 18.0 Å². The number of ether oxygens (including phenoxy) is 1. The fraction of sp³-hybridized carbons (Fsp3) is 0.800. The maximum atomic E-state index is 12.7. The predicted molar refractivity (Wildman–Crippen MR) is 106 cm³/mol. The van der Waals surface area contributed by atoms with E-state index in [2.05, 4.69) is 28.4 Å². The molecule has 2 aliphatic heterocycles. The number of hydrogen-bond acceptors (Lipinski definition) is 4. The molecule has 0 radical (unpaired) electrons. The highest BCUT2D eigenvalue weighted by Gasteiger charge is 2.34. The van der Waals surface area contributed by atoms with Gasteiger partial charge in [-0.2, -0.15) is 5.10 Å². The van der Waals surface area contributed by atoms with Gasteiger partial charge >= 0.3 is 6.03 Å². The molecule has 0 bridgehead atoms. The molecule has 152 valence electrons. The van der Waals surface area contributed by atoms with Crippen molar-refractivity contribution in [2.75, 3.05) is 33.3 Å². The number of nitrogens with zero attached hydrogens (tertiary/aromatic N) is 4. The van der Waals surface area contributed by atoms with Crippen molar-refractivity contribution >= 4 is 6.03 Å². The summed E-state index contributed by atoms with van der Waals surface area (Å²) in [7, 11) is 3.87. The van der Waals surface area contributed by atoms with Crippen molar-refractivity contribution in [2.45, 2.75) is 57.7 Å². The number of amides is 2. The quantitative estimate of drug-likeness (QED) is 0.827. The number of carbonyl (C=O) groups is 1. The van der Waals surface area contributed by atoms with E-state index in [1.807, 2.05) is 36.8 Å². The molecule has 1 N–H and O–H groups in total. The second-order valence-electron chi connectivity index (χ2n) is 8.09. The van der Waals surface area contributed by atoms with E-state index in [0.717, 1.165) is 45.5 Å². The van der Waals surface area contributed by atoms with Gasteiger partial charge in [-0.25, -0.2) is 4.79 Å². The van der Waals surface area contributed by atoms with Crippen LogP contribution in [0, 0.1) is 5.92 Å². The third-order valence-electron chi connectivity index (χ3n) is 6.06. The third kappa shape index (κ3) is 4.82. The van der Waals surface area contributed by atoms with Gasteiger partial charge in [-0.1, -0.05) is 6.92 Å². The Morgan fingerprint density at radius 1 is 1.44 bits per heavy atom. The molecule has 0 aliphatic carbocycles. The molecule has 0 unspecified atom stereocenters. The number of likely N-dealkylation sites (tertiary alicyclic amines) is 1. The fourth-order valence-corrected chi connectivity index (χ4v) is 4.60. The molecule has 3 rings (SSSR count). The van der Waals surface area contributed by atoms with Gasteiger partial charge in [0.2, 0.25) is 0 Å². The van der Waals surface area contributed by atoms with E-state index in [1.54, 1.807) is 0 Å². The first-order valence-corrected chi connectivity index (χ1v) is 10.4. The molecule has 2 fully saturated rings. The number of urea groups is 1. The molecule has 1 aromatic heterocycles. The van der Waals surface area contributed by atoms with Gasteiger partial charge in [-0.3, -0.25) is 9.58 Å². The second-order valence-corrected chi connectivity index (χ2v) is 8.09. The van der Waals surface area contributed by atoms with Crippen LogP contribution in [0.2, 0.25) is 0 Å². The number of aromatic nitrogens is 2. The fourth-order valence-electron chi connectivity index (χ4n) is 4.60. The van der Waals surface area contributed by atoms with Crippen LogP contribution in [0.15, 0.2) is 12.4 Å². The summed E-state index contributed by atoms with van der Waals surface area (Å²) in [5.74, 6) is 0.414. The zero-order valence-electron chi connectivity index (χ0n) is 17.2. The van der Waals surface area contributed by atoms with Crippen LogP contribution in [0.1, 0.15) is 51.1 Å². The van der Waals surface area contributed by atoms with Crippen molar-refractivity contribution in [1.82, 2.24) is 24.9 Å². The first kappa shape index (κ1) is 20.1. The maximum absolute atomic E-state index is 12.7. The Morgan fingerprint density at radius 2 is 2.26 bits per heavy atom. The van der Waals surface area contributed by atoms with Crippen molar-refractivity contribution < 1.29 is 9.53 Å². The minimum Gasteiger partial charge on any atom is -0.376 e. The molecule has 0 spiro atoms. The maximum Gasteiger partial charge on any atom is 0.317 e. The lowest BCUT2D eigenvalue weighted by molar-refractivity contribution is 0.0735. The molecule has 2 saturated heterocycles. The normalized spacial score (nSPS) is 27.5. The van der Waals surface area contributed by atoms with Crippen molar-refractivity contribution in [2.24, 2.45) is 13.0 Å². The van der Waals surface area contributed by atoms with Crippen LogP contribution >= 0.6 is 0 Å². The molecule has 3 heterocycles. The van der Waals surface area contributed by atoms with Crippen LogP contribution in [0.25, 0.3) is 0 Å². The topological polar surface area (TPSA) is 62.6 Å². The van der Waals surface area contributed by atoms with E-state index >= 15 is 0 Å². The highest BCUT2D eigenvalue weighted by molar-refractivity contribution is 5.74. The van der Waals surface area contributed by atoms with E-state index in [9.17, 15) is 4.79 Å². The van der Waals surface area contributed by atoms with Gasteiger partial charge in [0.15, 0.2) is 0 Å². The lowest BCUT2D eigenvalue weighted by atomic mass is 9.85. The molecule has 4 atom stereocenters. The van der Waals surface area contributed by atoms with Crippen LogP contribution < -0.4 is 5.32 Å². The van der Waals surface area contributed by atoms with Crippen molar-refractivity contribution in [1.29, 1.82) is 0 Å². The standard InChI is InChI=1S/C20H35N5O2/c1-5-25-10-6-8-16(19(25)17-12-21-24(4)14-17)13-23(3)20(26)22-15(2)18-9-7-11-27-18/h12,14-16,18-19H,5-11,13H2,1-4H3,(H,22,26)/t15-,16+,18-,19-/m1/s1. The van der Waals surface area contributed by atoms with Gasteiger partial charge in [0.25, 0.3) is 0 Å². The molecular weight excluding hydrogens is 342 g/mol. The molecule has 0 aromatic carbocycles. The summed E-state index contributed by atoms with van der Waals surface area (Å²) in [5, 5.41) is 7.50. The molecule has 2 amide bonds. The first-order chi connectivity index (χ1) is 13.0. The average molecular weight is 378 g/mol. The van der Waals surface area contributed by atoms with Crippen molar-refractivity contribution in [3.8, 4) is 0 Å². The van der Waals surface area contributed by atoms with Crippen molar-refractivity contribution in [3.63, 3.8) is 0 Å². The summed E-state index contributed by atoms with van der Waals surface area (Å²) < 4.78 is 7.57. The zero-order valence-corrected chi connectivity index (χ0v) is 17.2. The summed E-state index contributed by atoms with van der Waals surface area (Å²) >= 11 is 0. The van der Waals surface area contributed by atoms with Crippen LogP contribution in [0.4, 0.5) is 4.79 Å². The Hall–Kier alpha value is -1.60. The smallest absolute Gasteiger partial charge is 0.317 e. The van der Waals surface area contributed by atoms with Crippen LogP contribution in [0.5, 0.6) is 0 Å². The molecular formula is C20H35N5O2. The molecule has 0 saturated carbocycles. The van der Waals surface area contributed by atoms with Crippen LogP contribution in [-0.4, -0.2) is 71.0 Å². The van der Waals surface area contributed by atoms with Gasteiger partial charge < -0.3 is 15.0 Å². The Bertz CT molecular complexity index is 613. The lowest BCUT2D eigenvalue weighted by Gasteiger charge is -2.42. The Kier molecular flexibility index (Phi) is 6.76. The van der Waals surface area contributed by atoms with E-state index in [0.29, 0.717) is 12.0 Å².